The molecule has 1 aromatic carbocycles. The van der Waals surface area contributed by atoms with Crippen LogP contribution in [0, 0.1) is 0 Å². The highest BCUT2D eigenvalue weighted by Gasteiger charge is 2.23. The number of aryl methyl sites for hydroxylation is 1. The van der Waals surface area contributed by atoms with E-state index >= 15 is 0 Å². The second-order valence-corrected chi connectivity index (χ2v) is 11.1. The molecule has 37 heavy (non-hydrogen) atoms. The molecular formula is C29H36N6O2. The van der Waals surface area contributed by atoms with E-state index in [1.54, 1.807) is 30.8 Å². The van der Waals surface area contributed by atoms with Crippen LogP contribution in [0.25, 0.3) is 16.7 Å². The highest BCUT2D eigenvalue weighted by molar-refractivity contribution is 5.82. The van der Waals surface area contributed by atoms with E-state index in [-0.39, 0.29) is 11.6 Å². The fourth-order valence-electron chi connectivity index (χ4n) is 5.17. The van der Waals surface area contributed by atoms with Crippen molar-refractivity contribution in [3.05, 3.63) is 75.8 Å². The Kier molecular flexibility index (Phi) is 6.41. The van der Waals surface area contributed by atoms with Crippen LogP contribution in [-0.2, 0) is 18.4 Å². The predicted octanol–water partition coefficient (Wildman–Crippen LogP) is 4.55. The van der Waals surface area contributed by atoms with E-state index in [1.807, 2.05) is 36.7 Å². The highest BCUT2D eigenvalue weighted by atomic mass is 16.3. The van der Waals surface area contributed by atoms with E-state index in [4.69, 9.17) is 4.98 Å². The Morgan fingerprint density at radius 2 is 1.92 bits per heavy atom. The lowest BCUT2D eigenvalue weighted by Gasteiger charge is -2.30. The molecule has 1 unspecified atom stereocenters. The van der Waals surface area contributed by atoms with Crippen LogP contribution in [0.15, 0.2) is 53.5 Å². The summed E-state index contributed by atoms with van der Waals surface area (Å²) in [5.41, 5.74) is 3.77. The van der Waals surface area contributed by atoms with Crippen LogP contribution in [0.3, 0.4) is 0 Å². The molecule has 4 aromatic rings. The Bertz CT molecular complexity index is 1510. The molecule has 194 valence electrons. The Morgan fingerprint density at radius 1 is 1.14 bits per heavy atom. The standard InChI is InChI=1S/C29H36N6O2/c1-18(2)34-28(36)23-17-30-26(16-24(23)35(34)27-9-7-8-25(32-27)29(3,4)37)31-21-12-10-19-11-13-22(33(5)6)15-20(19)14-21/h7-10,12,14,16-18,22,37H,11,13,15H2,1-6H3,(H,30,31). The Labute approximate surface area is 217 Å². The molecule has 8 nitrogen and oxygen atoms in total. The molecule has 0 amide bonds. The molecule has 1 aliphatic rings. The van der Waals surface area contributed by atoms with Gasteiger partial charge in [-0.1, -0.05) is 12.1 Å². The molecule has 0 bridgehead atoms. The van der Waals surface area contributed by atoms with E-state index < -0.39 is 5.60 Å². The molecule has 3 heterocycles. The number of fused-ring (bicyclic) bond motifs is 2. The summed E-state index contributed by atoms with van der Waals surface area (Å²) in [5.74, 6) is 1.22. The first-order chi connectivity index (χ1) is 17.5. The van der Waals surface area contributed by atoms with Gasteiger partial charge in [0, 0.05) is 30.0 Å². The number of rotatable bonds is 6. The minimum absolute atomic E-state index is 0.103. The smallest absolute Gasteiger partial charge is 0.276 e. The van der Waals surface area contributed by atoms with Crippen LogP contribution in [0.4, 0.5) is 11.5 Å². The lowest BCUT2D eigenvalue weighted by Crippen LogP contribution is -2.33. The van der Waals surface area contributed by atoms with Crippen molar-refractivity contribution in [3.8, 4) is 5.82 Å². The summed E-state index contributed by atoms with van der Waals surface area (Å²) < 4.78 is 3.52. The van der Waals surface area contributed by atoms with Crippen LogP contribution in [0.5, 0.6) is 0 Å². The lowest BCUT2D eigenvalue weighted by molar-refractivity contribution is 0.0738. The third-order valence-electron chi connectivity index (χ3n) is 7.24. The molecule has 0 spiro atoms. The fraction of sp³-hybridized carbons (Fsp3) is 0.414. The number of nitrogens with one attached hydrogen (secondary N) is 1. The molecule has 8 heteroatoms. The summed E-state index contributed by atoms with van der Waals surface area (Å²) >= 11 is 0. The summed E-state index contributed by atoms with van der Waals surface area (Å²) in [5, 5.41) is 14.5. The summed E-state index contributed by atoms with van der Waals surface area (Å²) in [6, 6.07) is 14.4. The Balaban J connectivity index is 1.57. The van der Waals surface area contributed by atoms with Crippen molar-refractivity contribution in [2.75, 3.05) is 19.4 Å². The van der Waals surface area contributed by atoms with Gasteiger partial charge in [-0.2, -0.15) is 0 Å². The summed E-state index contributed by atoms with van der Waals surface area (Å²) in [7, 11) is 4.29. The maximum absolute atomic E-state index is 13.4. The van der Waals surface area contributed by atoms with Crippen LogP contribution in [0.2, 0.25) is 0 Å². The van der Waals surface area contributed by atoms with Gasteiger partial charge >= 0.3 is 0 Å². The second kappa shape index (κ2) is 9.43. The van der Waals surface area contributed by atoms with Gasteiger partial charge in [-0.3, -0.25) is 4.79 Å². The van der Waals surface area contributed by atoms with Crippen LogP contribution in [-0.4, -0.2) is 49.5 Å². The maximum Gasteiger partial charge on any atom is 0.276 e. The molecule has 1 aliphatic carbocycles. The van der Waals surface area contributed by atoms with Gasteiger partial charge in [0.25, 0.3) is 5.56 Å². The van der Waals surface area contributed by atoms with Gasteiger partial charge in [-0.25, -0.2) is 19.3 Å². The first kappa shape index (κ1) is 25.2. The van der Waals surface area contributed by atoms with Gasteiger partial charge in [0.1, 0.15) is 11.4 Å². The average Bonchev–Trinajstić information content (AvgIpc) is 3.15. The molecular weight excluding hydrogens is 464 g/mol. The van der Waals surface area contributed by atoms with Gasteiger partial charge in [-0.05, 0) is 96.4 Å². The van der Waals surface area contributed by atoms with E-state index in [0.29, 0.717) is 34.3 Å². The van der Waals surface area contributed by atoms with E-state index in [9.17, 15) is 9.90 Å². The molecule has 1 atom stereocenters. The SMILES string of the molecule is CC(C)n1c(=O)c2cnc(Nc3ccc4c(c3)CC(N(C)C)CC4)cc2n1-c1cccc(C(C)(C)O)n1. The van der Waals surface area contributed by atoms with Gasteiger partial charge in [0.2, 0.25) is 0 Å². The van der Waals surface area contributed by atoms with Crippen molar-refractivity contribution in [3.63, 3.8) is 0 Å². The van der Waals surface area contributed by atoms with Crippen molar-refractivity contribution in [1.82, 2.24) is 24.2 Å². The Hall–Kier alpha value is -3.49. The van der Waals surface area contributed by atoms with E-state index in [2.05, 4.69) is 47.5 Å². The number of aromatic nitrogens is 4. The first-order valence-electron chi connectivity index (χ1n) is 12.9. The predicted molar refractivity (Wildman–Crippen MR) is 148 cm³/mol. The topological polar surface area (TPSA) is 88.2 Å². The van der Waals surface area contributed by atoms with Crippen molar-refractivity contribution in [1.29, 1.82) is 0 Å². The monoisotopic (exact) mass is 500 g/mol. The molecule has 2 N–H and O–H groups in total. The Morgan fingerprint density at radius 3 is 2.62 bits per heavy atom. The third kappa shape index (κ3) is 4.79. The van der Waals surface area contributed by atoms with Crippen molar-refractivity contribution >= 4 is 22.4 Å². The van der Waals surface area contributed by atoms with Crippen molar-refractivity contribution in [2.24, 2.45) is 0 Å². The largest absolute Gasteiger partial charge is 0.384 e. The number of pyridine rings is 2. The lowest BCUT2D eigenvalue weighted by atomic mass is 9.87. The van der Waals surface area contributed by atoms with Gasteiger partial charge in [0.05, 0.1) is 16.6 Å². The average molecular weight is 501 g/mol. The zero-order valence-corrected chi connectivity index (χ0v) is 22.5. The molecule has 0 radical (unpaired) electrons. The normalized spacial score (nSPS) is 16.0. The van der Waals surface area contributed by atoms with E-state index in [1.165, 1.54) is 17.5 Å². The molecule has 0 fully saturated rings. The number of likely N-dealkylation sites (N-methyl/N-ethyl adjacent to an activating group) is 1. The highest BCUT2D eigenvalue weighted by Crippen LogP contribution is 2.29. The van der Waals surface area contributed by atoms with Gasteiger partial charge in [-0.15, -0.1) is 0 Å². The summed E-state index contributed by atoms with van der Waals surface area (Å²) in [4.78, 5) is 25.0. The molecule has 0 saturated carbocycles. The van der Waals surface area contributed by atoms with Crippen molar-refractivity contribution in [2.45, 2.75) is 64.6 Å². The number of benzene rings is 1. The number of anilines is 2. The molecule has 5 rings (SSSR count). The maximum atomic E-state index is 13.4. The summed E-state index contributed by atoms with van der Waals surface area (Å²) in [6.45, 7) is 7.34. The zero-order valence-electron chi connectivity index (χ0n) is 22.5. The molecule has 0 saturated heterocycles. The third-order valence-corrected chi connectivity index (χ3v) is 7.24. The van der Waals surface area contributed by atoms with E-state index in [0.717, 1.165) is 18.5 Å². The van der Waals surface area contributed by atoms with Crippen LogP contribution in [0.1, 0.15) is 57.0 Å². The summed E-state index contributed by atoms with van der Waals surface area (Å²) in [6.07, 6.45) is 4.94. The number of aliphatic hydroxyl groups is 1. The van der Waals surface area contributed by atoms with Crippen LogP contribution < -0.4 is 10.9 Å². The minimum Gasteiger partial charge on any atom is -0.384 e. The molecule has 3 aromatic heterocycles. The van der Waals surface area contributed by atoms with Gasteiger partial charge in [0.15, 0.2) is 5.82 Å². The van der Waals surface area contributed by atoms with Gasteiger partial charge < -0.3 is 15.3 Å². The minimum atomic E-state index is -1.10. The van der Waals surface area contributed by atoms with Crippen molar-refractivity contribution < 1.29 is 5.11 Å². The second-order valence-electron chi connectivity index (χ2n) is 11.1. The number of nitrogens with zero attached hydrogens (tertiary/aromatic N) is 5. The van der Waals surface area contributed by atoms with Crippen LogP contribution >= 0.6 is 0 Å². The number of hydrogen-bond donors (Lipinski definition) is 2. The molecule has 0 aliphatic heterocycles. The fourth-order valence-corrected chi connectivity index (χ4v) is 5.17. The zero-order chi connectivity index (χ0) is 26.5. The first-order valence-corrected chi connectivity index (χ1v) is 12.9. The quantitative estimate of drug-likeness (QED) is 0.404. The number of hydrogen-bond acceptors (Lipinski definition) is 6.